The molecule has 0 amide bonds. The van der Waals surface area contributed by atoms with Gasteiger partial charge in [-0.1, -0.05) is 0 Å². The molecule has 16 nitrogen and oxygen atoms in total. The fourth-order valence-corrected chi connectivity index (χ4v) is 5.40. The summed E-state index contributed by atoms with van der Waals surface area (Å²) in [6.07, 6.45) is 15.4. The second kappa shape index (κ2) is 11.1. The van der Waals surface area contributed by atoms with Crippen LogP contribution in [-0.4, -0.2) is 53.2 Å². The van der Waals surface area contributed by atoms with Crippen molar-refractivity contribution >= 4 is 22.7 Å². The van der Waals surface area contributed by atoms with Gasteiger partial charge in [0, 0.05) is 62.3 Å². The van der Waals surface area contributed by atoms with Gasteiger partial charge in [0.15, 0.2) is 35.0 Å². The van der Waals surface area contributed by atoms with Crippen molar-refractivity contribution in [3.8, 4) is 56.8 Å². The summed E-state index contributed by atoms with van der Waals surface area (Å²) in [5.41, 5.74) is 11.6. The number of nitrogen functional groups attached to an aromatic ring is 1. The second-order valence-electron chi connectivity index (χ2n) is 10.9. The van der Waals surface area contributed by atoms with E-state index in [-0.39, 0.29) is 17.4 Å². The van der Waals surface area contributed by atoms with Crippen LogP contribution in [0.3, 0.4) is 0 Å². The molecule has 0 spiro atoms. The van der Waals surface area contributed by atoms with E-state index < -0.39 is 4.92 Å². The van der Waals surface area contributed by atoms with Crippen LogP contribution in [0.15, 0.2) is 98.5 Å². The smallest absolute Gasteiger partial charge is 0.363 e. The van der Waals surface area contributed by atoms with Crippen molar-refractivity contribution in [1.29, 1.82) is 0 Å². The van der Waals surface area contributed by atoms with E-state index in [9.17, 15) is 10.1 Å². The molecule has 0 aliphatic rings. The number of nitrogens with two attached hydrogens (primary N) is 1. The lowest BCUT2D eigenvalue weighted by molar-refractivity contribution is -0.389. The molecule has 0 saturated carbocycles. The first-order valence-corrected chi connectivity index (χ1v) is 14.5. The van der Waals surface area contributed by atoms with Crippen molar-refractivity contribution in [3.63, 3.8) is 0 Å². The molecule has 8 aromatic heterocycles. The van der Waals surface area contributed by atoms with Crippen LogP contribution in [0.4, 0.5) is 11.6 Å². The van der Waals surface area contributed by atoms with Crippen molar-refractivity contribution in [2.45, 2.75) is 0 Å². The van der Waals surface area contributed by atoms with E-state index in [1.807, 2.05) is 54.0 Å². The maximum Gasteiger partial charge on any atom is 0.363 e. The molecule has 8 aromatic rings. The summed E-state index contributed by atoms with van der Waals surface area (Å²) in [4.78, 5) is 28.2. The van der Waals surface area contributed by atoms with Crippen molar-refractivity contribution in [2.75, 3.05) is 5.73 Å². The molecule has 0 aromatic carbocycles. The topological polar surface area (TPSA) is 184 Å². The molecule has 0 fully saturated rings. The van der Waals surface area contributed by atoms with Crippen LogP contribution in [-0.2, 0) is 14.1 Å². The lowest BCUT2D eigenvalue weighted by atomic mass is 10.1. The third-order valence-electron chi connectivity index (χ3n) is 7.55. The standard InChI is InChI=1S/C32H24N12O4/c1-40-15-22(36-17-40)19-10-26(24-7-9-38-42(24)13-19)48-25-4-3-8-34-30(25)29-31-27(47-21-5-6-28(35-12-21)44(45)46)11-20(14-43(31)39-32(29)33)23-16-41(2)18-37-23/h3-18H,1-2H3,(H2,33,39). The number of anilines is 1. The Morgan fingerprint density at radius 3 is 2.19 bits per heavy atom. The zero-order chi connectivity index (χ0) is 32.9. The van der Waals surface area contributed by atoms with Crippen LogP contribution in [0, 0.1) is 10.1 Å². The monoisotopic (exact) mass is 640 g/mol. The minimum absolute atomic E-state index is 0.167. The van der Waals surface area contributed by atoms with Gasteiger partial charge in [0.1, 0.15) is 16.7 Å². The third-order valence-corrected chi connectivity index (χ3v) is 7.55. The van der Waals surface area contributed by atoms with E-state index in [1.165, 1.54) is 18.3 Å². The molecule has 0 bridgehead atoms. The predicted octanol–water partition coefficient (Wildman–Crippen LogP) is 5.32. The first-order chi connectivity index (χ1) is 23.3. The van der Waals surface area contributed by atoms with E-state index in [2.05, 4.69) is 30.1 Å². The van der Waals surface area contributed by atoms with E-state index in [1.54, 1.807) is 58.5 Å². The Morgan fingerprint density at radius 1 is 0.792 bits per heavy atom. The zero-order valence-electron chi connectivity index (χ0n) is 25.4. The summed E-state index contributed by atoms with van der Waals surface area (Å²) in [6, 6.07) is 11.8. The average Bonchev–Trinajstić information content (AvgIpc) is 3.88. The maximum atomic E-state index is 11.2. The lowest BCUT2D eigenvalue weighted by Gasteiger charge is -2.14. The molecular weight excluding hydrogens is 616 g/mol. The van der Waals surface area contributed by atoms with E-state index in [0.29, 0.717) is 45.3 Å². The number of aromatic nitrogens is 10. The highest BCUT2D eigenvalue weighted by molar-refractivity contribution is 5.94. The van der Waals surface area contributed by atoms with Crippen LogP contribution >= 0.6 is 0 Å². The Labute approximate surface area is 270 Å². The van der Waals surface area contributed by atoms with Crippen molar-refractivity contribution in [1.82, 2.24) is 48.3 Å². The number of pyridine rings is 4. The van der Waals surface area contributed by atoms with Crippen molar-refractivity contribution in [2.24, 2.45) is 14.1 Å². The van der Waals surface area contributed by atoms with Crippen LogP contribution in [0.1, 0.15) is 0 Å². The highest BCUT2D eigenvalue weighted by Crippen LogP contribution is 2.43. The third kappa shape index (κ3) is 4.98. The van der Waals surface area contributed by atoms with Gasteiger partial charge in [0.05, 0.1) is 35.8 Å². The molecule has 8 heterocycles. The highest BCUT2D eigenvalue weighted by Gasteiger charge is 2.24. The van der Waals surface area contributed by atoms with Crippen LogP contribution in [0.25, 0.3) is 44.8 Å². The summed E-state index contributed by atoms with van der Waals surface area (Å²) >= 11 is 0. The largest absolute Gasteiger partial charge is 0.453 e. The molecule has 16 heteroatoms. The highest BCUT2D eigenvalue weighted by atomic mass is 16.6. The predicted molar refractivity (Wildman–Crippen MR) is 173 cm³/mol. The van der Waals surface area contributed by atoms with E-state index in [0.717, 1.165) is 16.8 Å². The van der Waals surface area contributed by atoms with Crippen LogP contribution in [0.2, 0.25) is 0 Å². The first kappa shape index (κ1) is 28.4. The Bertz CT molecular complexity index is 2490. The average molecular weight is 641 g/mol. The Kier molecular flexibility index (Phi) is 6.54. The zero-order valence-corrected chi connectivity index (χ0v) is 25.4. The van der Waals surface area contributed by atoms with Gasteiger partial charge >= 0.3 is 5.82 Å². The molecule has 236 valence electrons. The van der Waals surface area contributed by atoms with Crippen molar-refractivity contribution in [3.05, 3.63) is 109 Å². The SMILES string of the molecule is Cn1cnc(-c2cc(Oc3cccnc3-c3c(N)nn4cc(-c5cn(C)cn5)cc(Oc5ccc([N+](=O)[O-])nc5)c34)c3ccnn3c2)c1. The number of fused-ring (bicyclic) bond motifs is 2. The summed E-state index contributed by atoms with van der Waals surface area (Å²) in [6.45, 7) is 0. The molecule has 0 radical (unpaired) electrons. The number of nitrogens with zero attached hydrogens (tertiary/aromatic N) is 11. The molecular formula is C32H24N12O4. The Balaban J connectivity index is 1.28. The number of rotatable bonds is 8. The van der Waals surface area contributed by atoms with Crippen LogP contribution < -0.4 is 15.2 Å². The van der Waals surface area contributed by atoms with Gasteiger partial charge in [0.25, 0.3) is 0 Å². The molecule has 0 aliphatic heterocycles. The van der Waals surface area contributed by atoms with Gasteiger partial charge in [-0.05, 0) is 46.3 Å². The van der Waals surface area contributed by atoms with Gasteiger partial charge in [-0.2, -0.15) is 5.10 Å². The Hall–Kier alpha value is -7.10. The number of hydrogen-bond acceptors (Lipinski definition) is 11. The molecule has 2 N–H and O–H groups in total. The number of ether oxygens (including phenoxy) is 2. The molecule has 0 aliphatic carbocycles. The molecule has 48 heavy (non-hydrogen) atoms. The molecule has 0 unspecified atom stereocenters. The van der Waals surface area contributed by atoms with E-state index in [4.69, 9.17) is 15.2 Å². The number of nitro groups is 1. The van der Waals surface area contributed by atoms with Gasteiger partial charge in [-0.3, -0.25) is 4.98 Å². The fraction of sp³-hybridized carbons (Fsp3) is 0.0625. The maximum absolute atomic E-state index is 11.2. The number of aryl methyl sites for hydroxylation is 2. The normalized spacial score (nSPS) is 11.4. The van der Waals surface area contributed by atoms with Crippen LogP contribution in [0.5, 0.6) is 23.0 Å². The second-order valence-corrected chi connectivity index (χ2v) is 10.9. The van der Waals surface area contributed by atoms with Gasteiger partial charge in [-0.15, -0.1) is 5.10 Å². The molecule has 0 saturated heterocycles. The summed E-state index contributed by atoms with van der Waals surface area (Å²) in [7, 11) is 3.77. The Morgan fingerprint density at radius 2 is 1.52 bits per heavy atom. The molecule has 8 rings (SSSR count). The lowest BCUT2D eigenvalue weighted by Crippen LogP contribution is -1.98. The van der Waals surface area contributed by atoms with Crippen molar-refractivity contribution < 1.29 is 14.4 Å². The van der Waals surface area contributed by atoms with Gasteiger partial charge in [0.2, 0.25) is 0 Å². The summed E-state index contributed by atoms with van der Waals surface area (Å²) < 4.78 is 19.9. The van der Waals surface area contributed by atoms with E-state index >= 15 is 0 Å². The summed E-state index contributed by atoms with van der Waals surface area (Å²) in [5, 5.41) is 20.3. The van der Waals surface area contributed by atoms with Gasteiger partial charge in [-0.25, -0.2) is 19.0 Å². The quantitative estimate of drug-likeness (QED) is 0.168. The number of imidazole rings is 2. The minimum atomic E-state index is -0.577. The summed E-state index contributed by atoms with van der Waals surface area (Å²) in [5.74, 6) is 1.38. The van der Waals surface area contributed by atoms with Gasteiger partial charge < -0.3 is 34.5 Å². The first-order valence-electron chi connectivity index (χ1n) is 14.5. The minimum Gasteiger partial charge on any atom is -0.453 e. The fourth-order valence-electron chi connectivity index (χ4n) is 5.40. The molecule has 0 atom stereocenters. The number of hydrogen-bond donors (Lipinski definition) is 1.